The molecular formula is C22H17N3O2. The number of pyridine rings is 1. The van der Waals surface area contributed by atoms with E-state index in [1.54, 1.807) is 23.2 Å². The molecule has 1 amide bonds. The van der Waals surface area contributed by atoms with Crippen LogP contribution in [0.15, 0.2) is 95.6 Å². The predicted molar refractivity (Wildman–Crippen MR) is 103 cm³/mol. The lowest BCUT2D eigenvalue weighted by Crippen LogP contribution is -2.31. The number of aromatic nitrogens is 2. The maximum absolute atomic E-state index is 13.2. The fourth-order valence-electron chi connectivity index (χ4n) is 2.79. The van der Waals surface area contributed by atoms with Crippen molar-refractivity contribution >= 4 is 11.7 Å². The largest absolute Gasteiger partial charge is 0.355 e. The molecule has 0 spiro atoms. The summed E-state index contributed by atoms with van der Waals surface area (Å²) < 4.78 is 5.39. The van der Waals surface area contributed by atoms with Crippen LogP contribution in [-0.2, 0) is 6.54 Å². The summed E-state index contributed by atoms with van der Waals surface area (Å²) in [6.07, 6.45) is 1.67. The van der Waals surface area contributed by atoms with Crippen LogP contribution in [0.2, 0.25) is 0 Å². The van der Waals surface area contributed by atoms with Gasteiger partial charge in [0.25, 0.3) is 5.91 Å². The first-order chi connectivity index (χ1) is 13.3. The van der Waals surface area contributed by atoms with Gasteiger partial charge in [0.15, 0.2) is 11.5 Å². The molecule has 0 radical (unpaired) electrons. The molecular weight excluding hydrogens is 338 g/mol. The molecule has 2 heterocycles. The van der Waals surface area contributed by atoms with E-state index < -0.39 is 0 Å². The zero-order valence-electron chi connectivity index (χ0n) is 14.5. The lowest BCUT2D eigenvalue weighted by Gasteiger charge is -2.20. The van der Waals surface area contributed by atoms with Gasteiger partial charge >= 0.3 is 0 Å². The van der Waals surface area contributed by atoms with Gasteiger partial charge in [-0.1, -0.05) is 71.9 Å². The second-order valence-electron chi connectivity index (χ2n) is 6.01. The summed E-state index contributed by atoms with van der Waals surface area (Å²) in [6, 6.07) is 26.5. The normalized spacial score (nSPS) is 10.5. The van der Waals surface area contributed by atoms with E-state index in [1.165, 1.54) is 0 Å². The number of carbonyl (C=O) groups is 1. The fourth-order valence-corrected chi connectivity index (χ4v) is 2.79. The van der Waals surface area contributed by atoms with Crippen molar-refractivity contribution < 1.29 is 9.32 Å². The minimum atomic E-state index is -0.261. The number of rotatable bonds is 5. The number of hydrogen-bond donors (Lipinski definition) is 0. The molecule has 2 aromatic heterocycles. The molecule has 0 fully saturated rings. The highest BCUT2D eigenvalue weighted by Crippen LogP contribution is 2.22. The summed E-state index contributed by atoms with van der Waals surface area (Å²) >= 11 is 0. The monoisotopic (exact) mass is 355 g/mol. The first kappa shape index (κ1) is 16.7. The van der Waals surface area contributed by atoms with E-state index in [0.717, 1.165) is 11.1 Å². The van der Waals surface area contributed by atoms with Gasteiger partial charge in [-0.25, -0.2) is 4.98 Å². The zero-order chi connectivity index (χ0) is 18.5. The molecule has 5 heteroatoms. The van der Waals surface area contributed by atoms with Crippen molar-refractivity contribution in [2.24, 2.45) is 0 Å². The maximum Gasteiger partial charge on any atom is 0.281 e. The van der Waals surface area contributed by atoms with E-state index in [2.05, 4.69) is 10.1 Å². The van der Waals surface area contributed by atoms with Crippen LogP contribution in [-0.4, -0.2) is 16.0 Å². The molecule has 0 atom stereocenters. The minimum Gasteiger partial charge on any atom is -0.355 e. The van der Waals surface area contributed by atoms with Gasteiger partial charge in [-0.05, 0) is 17.7 Å². The van der Waals surface area contributed by atoms with Crippen LogP contribution in [0.3, 0.4) is 0 Å². The molecule has 132 valence electrons. The van der Waals surface area contributed by atoms with Gasteiger partial charge in [-0.2, -0.15) is 0 Å². The lowest BCUT2D eigenvalue weighted by molar-refractivity contribution is 0.0975. The minimum absolute atomic E-state index is 0.246. The van der Waals surface area contributed by atoms with Crippen molar-refractivity contribution in [2.45, 2.75) is 6.54 Å². The van der Waals surface area contributed by atoms with Crippen LogP contribution in [0.1, 0.15) is 16.1 Å². The molecule has 0 aliphatic carbocycles. The molecule has 27 heavy (non-hydrogen) atoms. The molecule has 5 nitrogen and oxygen atoms in total. The second-order valence-corrected chi connectivity index (χ2v) is 6.01. The highest BCUT2D eigenvalue weighted by molar-refractivity contribution is 6.04. The molecule has 0 bridgehead atoms. The van der Waals surface area contributed by atoms with Gasteiger partial charge < -0.3 is 4.52 Å². The molecule has 0 aliphatic rings. The van der Waals surface area contributed by atoms with Gasteiger partial charge in [0.1, 0.15) is 5.82 Å². The topological polar surface area (TPSA) is 59.2 Å². The number of anilines is 1. The van der Waals surface area contributed by atoms with Gasteiger partial charge in [0.05, 0.1) is 6.54 Å². The van der Waals surface area contributed by atoms with Crippen molar-refractivity contribution in [3.8, 4) is 11.3 Å². The zero-order valence-corrected chi connectivity index (χ0v) is 14.5. The van der Waals surface area contributed by atoms with E-state index in [1.807, 2.05) is 72.8 Å². The quantitative estimate of drug-likeness (QED) is 0.526. The van der Waals surface area contributed by atoms with E-state index in [4.69, 9.17) is 4.52 Å². The Hall–Kier alpha value is -3.73. The number of benzene rings is 2. The summed E-state index contributed by atoms with van der Waals surface area (Å²) in [5.41, 5.74) is 2.12. The number of nitrogens with zero attached hydrogens (tertiary/aromatic N) is 3. The highest BCUT2D eigenvalue weighted by atomic mass is 16.5. The third-order valence-corrected chi connectivity index (χ3v) is 4.14. The van der Waals surface area contributed by atoms with E-state index >= 15 is 0 Å². The summed E-state index contributed by atoms with van der Waals surface area (Å²) in [6.45, 7) is 0.393. The van der Waals surface area contributed by atoms with Crippen molar-refractivity contribution in [3.05, 3.63) is 102 Å². The molecule has 0 aliphatic heterocycles. The van der Waals surface area contributed by atoms with E-state index in [9.17, 15) is 4.79 Å². The highest BCUT2D eigenvalue weighted by Gasteiger charge is 2.23. The SMILES string of the molecule is O=C(c1cc(-c2ccccc2)on1)N(Cc1ccccc1)c1ccccn1. The van der Waals surface area contributed by atoms with Crippen LogP contribution in [0.5, 0.6) is 0 Å². The predicted octanol–water partition coefficient (Wildman–Crippen LogP) is 4.58. The third-order valence-electron chi connectivity index (χ3n) is 4.14. The standard InChI is InChI=1S/C22H17N3O2/c26-22(19-15-20(27-24-19)18-11-5-2-6-12-18)25(21-13-7-8-14-23-21)16-17-9-3-1-4-10-17/h1-15H,16H2. The summed E-state index contributed by atoms with van der Waals surface area (Å²) in [5, 5.41) is 3.99. The van der Waals surface area contributed by atoms with Gasteiger partial charge in [0.2, 0.25) is 0 Å². The van der Waals surface area contributed by atoms with E-state index in [-0.39, 0.29) is 11.6 Å². The van der Waals surface area contributed by atoms with Crippen LogP contribution < -0.4 is 4.90 Å². The maximum atomic E-state index is 13.2. The Bertz CT molecular complexity index is 1020. The molecule has 0 saturated carbocycles. The molecule has 2 aromatic carbocycles. The summed E-state index contributed by atoms with van der Waals surface area (Å²) in [4.78, 5) is 19.1. The second kappa shape index (κ2) is 7.66. The first-order valence-electron chi connectivity index (χ1n) is 8.60. The number of carbonyl (C=O) groups excluding carboxylic acids is 1. The molecule has 4 aromatic rings. The van der Waals surface area contributed by atoms with Crippen LogP contribution in [0.25, 0.3) is 11.3 Å². The van der Waals surface area contributed by atoms with Gasteiger partial charge in [0, 0.05) is 17.8 Å². The van der Waals surface area contributed by atoms with Crippen molar-refractivity contribution in [1.29, 1.82) is 0 Å². The average molecular weight is 355 g/mol. The van der Waals surface area contributed by atoms with Crippen LogP contribution in [0, 0.1) is 0 Å². The van der Waals surface area contributed by atoms with Gasteiger partial charge in [-0.3, -0.25) is 9.69 Å². The van der Waals surface area contributed by atoms with E-state index in [0.29, 0.717) is 18.1 Å². The Morgan fingerprint density at radius 1 is 0.889 bits per heavy atom. The van der Waals surface area contributed by atoms with Crippen molar-refractivity contribution in [3.63, 3.8) is 0 Å². The third kappa shape index (κ3) is 3.77. The lowest BCUT2D eigenvalue weighted by atomic mass is 10.1. The first-order valence-corrected chi connectivity index (χ1v) is 8.60. The Labute approximate surface area is 156 Å². The Morgan fingerprint density at radius 2 is 1.59 bits per heavy atom. The summed E-state index contributed by atoms with van der Waals surface area (Å²) in [5.74, 6) is 0.860. The Morgan fingerprint density at radius 3 is 2.30 bits per heavy atom. The van der Waals surface area contributed by atoms with Crippen molar-refractivity contribution in [2.75, 3.05) is 4.90 Å². The average Bonchev–Trinajstić information content (AvgIpc) is 3.24. The smallest absolute Gasteiger partial charge is 0.281 e. The molecule has 4 rings (SSSR count). The van der Waals surface area contributed by atoms with Crippen molar-refractivity contribution in [1.82, 2.24) is 10.1 Å². The molecule has 0 saturated heterocycles. The summed E-state index contributed by atoms with van der Waals surface area (Å²) in [7, 11) is 0. The Kier molecular flexibility index (Phi) is 4.74. The number of hydrogen-bond acceptors (Lipinski definition) is 4. The van der Waals surface area contributed by atoms with Crippen LogP contribution >= 0.6 is 0 Å². The number of amides is 1. The molecule has 0 unspecified atom stereocenters. The van der Waals surface area contributed by atoms with Gasteiger partial charge in [-0.15, -0.1) is 0 Å². The Balaban J connectivity index is 1.66. The van der Waals surface area contributed by atoms with Crippen LogP contribution in [0.4, 0.5) is 5.82 Å². The fraction of sp³-hybridized carbons (Fsp3) is 0.0455. The molecule has 0 N–H and O–H groups in total.